The van der Waals surface area contributed by atoms with Gasteiger partial charge in [0.25, 0.3) is 0 Å². The standard InChI is InChI=1S/C13H19N3O/c1-2-11(10-15-5-1)16-8-9-17-13-4-7-14-6-3-12(13)16/h1-2,5,10,12-14H,3-4,6-9H2/t12-,13+/m1/s1. The Hall–Kier alpha value is -1.13. The van der Waals surface area contributed by atoms with Gasteiger partial charge in [0.2, 0.25) is 0 Å². The zero-order valence-corrected chi connectivity index (χ0v) is 10.0. The molecule has 2 aliphatic rings. The number of hydrogen-bond donors (Lipinski definition) is 1. The van der Waals surface area contributed by atoms with Crippen LogP contribution < -0.4 is 10.2 Å². The molecule has 3 rings (SSSR count). The highest BCUT2D eigenvalue weighted by Crippen LogP contribution is 2.26. The van der Waals surface area contributed by atoms with Gasteiger partial charge in [0, 0.05) is 12.7 Å². The molecule has 1 aromatic heterocycles. The molecular formula is C13H19N3O. The molecule has 0 radical (unpaired) electrons. The van der Waals surface area contributed by atoms with Crippen LogP contribution in [0.1, 0.15) is 12.8 Å². The first-order valence-corrected chi connectivity index (χ1v) is 6.44. The van der Waals surface area contributed by atoms with Crippen molar-refractivity contribution in [2.24, 2.45) is 0 Å². The lowest BCUT2D eigenvalue weighted by Gasteiger charge is -2.41. The predicted molar refractivity (Wildman–Crippen MR) is 67.2 cm³/mol. The quantitative estimate of drug-likeness (QED) is 0.786. The summed E-state index contributed by atoms with van der Waals surface area (Å²) in [5.41, 5.74) is 1.23. The number of pyridine rings is 1. The molecule has 92 valence electrons. The van der Waals surface area contributed by atoms with Crippen molar-refractivity contribution < 1.29 is 4.74 Å². The van der Waals surface area contributed by atoms with Crippen LogP contribution in [0.2, 0.25) is 0 Å². The van der Waals surface area contributed by atoms with Gasteiger partial charge in [-0.05, 0) is 38.1 Å². The normalized spacial score (nSPS) is 29.5. The lowest BCUT2D eigenvalue weighted by atomic mass is 10.0. The molecule has 4 nitrogen and oxygen atoms in total. The zero-order chi connectivity index (χ0) is 11.5. The fourth-order valence-electron chi connectivity index (χ4n) is 2.86. The Kier molecular flexibility index (Phi) is 3.25. The molecule has 0 unspecified atom stereocenters. The van der Waals surface area contributed by atoms with Crippen LogP contribution in [0.5, 0.6) is 0 Å². The minimum absolute atomic E-state index is 0.374. The number of hydrogen-bond acceptors (Lipinski definition) is 4. The molecule has 2 atom stereocenters. The van der Waals surface area contributed by atoms with Gasteiger partial charge in [-0.1, -0.05) is 0 Å². The van der Waals surface area contributed by atoms with Crippen molar-refractivity contribution >= 4 is 5.69 Å². The summed E-state index contributed by atoms with van der Waals surface area (Å²) in [6, 6.07) is 4.66. The first kappa shape index (κ1) is 11.0. The molecule has 0 spiro atoms. The molecule has 1 aromatic rings. The van der Waals surface area contributed by atoms with E-state index in [2.05, 4.69) is 21.3 Å². The third-order valence-corrected chi connectivity index (χ3v) is 3.69. The van der Waals surface area contributed by atoms with Crippen LogP contribution in [0.25, 0.3) is 0 Å². The Bertz CT molecular complexity index is 357. The van der Waals surface area contributed by atoms with Gasteiger partial charge in [0.15, 0.2) is 0 Å². The van der Waals surface area contributed by atoms with Gasteiger partial charge in [0.1, 0.15) is 0 Å². The van der Waals surface area contributed by atoms with Crippen LogP contribution in [0.15, 0.2) is 24.5 Å². The van der Waals surface area contributed by atoms with E-state index in [0.717, 1.165) is 39.1 Å². The van der Waals surface area contributed by atoms with Gasteiger partial charge in [0.05, 0.1) is 30.6 Å². The summed E-state index contributed by atoms with van der Waals surface area (Å²) >= 11 is 0. The molecule has 17 heavy (non-hydrogen) atoms. The molecule has 2 saturated heterocycles. The first-order valence-electron chi connectivity index (χ1n) is 6.44. The summed E-state index contributed by atoms with van der Waals surface area (Å²) in [6.45, 7) is 3.96. The monoisotopic (exact) mass is 233 g/mol. The lowest BCUT2D eigenvalue weighted by Crippen LogP contribution is -2.51. The second-order valence-electron chi connectivity index (χ2n) is 4.71. The summed E-state index contributed by atoms with van der Waals surface area (Å²) in [5, 5.41) is 3.45. The van der Waals surface area contributed by atoms with Crippen LogP contribution in [0.3, 0.4) is 0 Å². The Labute approximate surface area is 102 Å². The summed E-state index contributed by atoms with van der Waals surface area (Å²) in [5.74, 6) is 0. The SMILES string of the molecule is c1cncc(N2CCO[C@H]3CCNCC[C@H]32)c1. The van der Waals surface area contributed by atoms with Crippen molar-refractivity contribution in [1.29, 1.82) is 0 Å². The first-order chi connectivity index (χ1) is 8.45. The Balaban J connectivity index is 1.83. The third-order valence-electron chi connectivity index (χ3n) is 3.69. The summed E-state index contributed by atoms with van der Waals surface area (Å²) in [4.78, 5) is 6.69. The number of fused-ring (bicyclic) bond motifs is 1. The molecule has 0 amide bonds. The fraction of sp³-hybridized carbons (Fsp3) is 0.615. The van der Waals surface area contributed by atoms with Crippen LogP contribution in [-0.4, -0.2) is 43.4 Å². The Morgan fingerprint density at radius 2 is 2.29 bits per heavy atom. The maximum atomic E-state index is 5.91. The molecule has 4 heteroatoms. The van der Waals surface area contributed by atoms with Gasteiger partial charge < -0.3 is 15.0 Å². The Morgan fingerprint density at radius 3 is 3.18 bits per heavy atom. The van der Waals surface area contributed by atoms with Crippen molar-refractivity contribution in [2.45, 2.75) is 25.0 Å². The summed E-state index contributed by atoms with van der Waals surface area (Å²) in [6.07, 6.45) is 6.43. The molecular weight excluding hydrogens is 214 g/mol. The molecule has 2 aliphatic heterocycles. The van der Waals surface area contributed by atoms with E-state index in [-0.39, 0.29) is 0 Å². The van der Waals surface area contributed by atoms with E-state index in [4.69, 9.17) is 4.74 Å². The largest absolute Gasteiger partial charge is 0.374 e. The molecule has 1 N–H and O–H groups in total. The second-order valence-corrected chi connectivity index (χ2v) is 4.71. The summed E-state index contributed by atoms with van der Waals surface area (Å²) in [7, 11) is 0. The van der Waals surface area contributed by atoms with Gasteiger partial charge >= 0.3 is 0 Å². The summed E-state index contributed by atoms with van der Waals surface area (Å²) < 4.78 is 5.91. The topological polar surface area (TPSA) is 37.4 Å². The van der Waals surface area contributed by atoms with E-state index < -0.39 is 0 Å². The maximum absolute atomic E-state index is 5.91. The molecule has 0 bridgehead atoms. The number of morpholine rings is 1. The van der Waals surface area contributed by atoms with Crippen LogP contribution in [0, 0.1) is 0 Å². The number of ether oxygens (including phenoxy) is 1. The van der Waals surface area contributed by atoms with Crippen molar-refractivity contribution in [3.05, 3.63) is 24.5 Å². The average Bonchev–Trinajstić information content (AvgIpc) is 2.64. The molecule has 0 aromatic carbocycles. The van der Waals surface area contributed by atoms with Crippen molar-refractivity contribution in [3.8, 4) is 0 Å². The Morgan fingerprint density at radius 1 is 1.35 bits per heavy atom. The van der Waals surface area contributed by atoms with Crippen molar-refractivity contribution in [1.82, 2.24) is 10.3 Å². The zero-order valence-electron chi connectivity index (χ0n) is 10.0. The number of nitrogens with one attached hydrogen (secondary N) is 1. The van der Waals surface area contributed by atoms with E-state index in [1.807, 2.05) is 18.5 Å². The van der Waals surface area contributed by atoms with E-state index in [0.29, 0.717) is 12.1 Å². The molecule has 3 heterocycles. The number of aromatic nitrogens is 1. The van der Waals surface area contributed by atoms with Crippen LogP contribution >= 0.6 is 0 Å². The number of rotatable bonds is 1. The smallest absolute Gasteiger partial charge is 0.0791 e. The number of anilines is 1. The lowest BCUT2D eigenvalue weighted by molar-refractivity contribution is 0.00988. The fourth-order valence-corrected chi connectivity index (χ4v) is 2.86. The highest BCUT2D eigenvalue weighted by atomic mass is 16.5. The number of nitrogens with zero attached hydrogens (tertiary/aromatic N) is 2. The second kappa shape index (κ2) is 5.02. The third kappa shape index (κ3) is 2.28. The minimum atomic E-state index is 0.374. The van der Waals surface area contributed by atoms with Crippen LogP contribution in [-0.2, 0) is 4.74 Å². The van der Waals surface area contributed by atoms with E-state index in [1.165, 1.54) is 5.69 Å². The van der Waals surface area contributed by atoms with E-state index in [9.17, 15) is 0 Å². The van der Waals surface area contributed by atoms with Gasteiger partial charge in [-0.25, -0.2) is 0 Å². The van der Waals surface area contributed by atoms with Crippen LogP contribution in [0.4, 0.5) is 5.69 Å². The highest BCUT2D eigenvalue weighted by Gasteiger charge is 2.33. The molecule has 2 fully saturated rings. The van der Waals surface area contributed by atoms with E-state index >= 15 is 0 Å². The van der Waals surface area contributed by atoms with E-state index in [1.54, 1.807) is 0 Å². The molecule has 0 saturated carbocycles. The van der Waals surface area contributed by atoms with Gasteiger partial charge in [-0.3, -0.25) is 4.98 Å². The maximum Gasteiger partial charge on any atom is 0.0791 e. The van der Waals surface area contributed by atoms with Crippen molar-refractivity contribution in [2.75, 3.05) is 31.1 Å². The predicted octanol–water partition coefficient (Wildman–Crippen LogP) is 1.04. The average molecular weight is 233 g/mol. The van der Waals surface area contributed by atoms with Crippen molar-refractivity contribution in [3.63, 3.8) is 0 Å². The highest BCUT2D eigenvalue weighted by molar-refractivity contribution is 5.45. The molecule has 0 aliphatic carbocycles. The van der Waals surface area contributed by atoms with Gasteiger partial charge in [-0.2, -0.15) is 0 Å². The minimum Gasteiger partial charge on any atom is -0.374 e. The van der Waals surface area contributed by atoms with Gasteiger partial charge in [-0.15, -0.1) is 0 Å².